The van der Waals surface area contributed by atoms with Gasteiger partial charge in [-0.2, -0.15) is 0 Å². The Hall–Kier alpha value is -0.570. The van der Waals surface area contributed by atoms with Crippen LogP contribution >= 0.6 is 0 Å². The van der Waals surface area contributed by atoms with Crippen molar-refractivity contribution in [2.75, 3.05) is 19.6 Å². The summed E-state index contributed by atoms with van der Waals surface area (Å²) in [5.41, 5.74) is 0. The molecule has 0 fully saturated rings. The Balaban J connectivity index is 4.20. The molecular formula is C40H81NO2. The monoisotopic (exact) mass is 608 g/mol. The zero-order valence-corrected chi connectivity index (χ0v) is 30.5. The smallest absolute Gasteiger partial charge is 0.306 e. The van der Waals surface area contributed by atoms with Gasteiger partial charge in [-0.25, -0.2) is 0 Å². The molecule has 0 aromatic carbocycles. The quantitative estimate of drug-likeness (QED) is 0.0530. The topological polar surface area (TPSA) is 29.5 Å². The van der Waals surface area contributed by atoms with Crippen LogP contribution in [-0.4, -0.2) is 36.6 Å². The SMILES string of the molecule is CCCCCCCCCN(CCCCCCCC(=O)OC(CCCCCCCC)CCCCCCCC)CCCC(C)C. The molecule has 0 bridgehead atoms. The third-order valence-electron chi connectivity index (χ3n) is 9.25. The number of unbranched alkanes of at least 4 members (excludes halogenated alkanes) is 20. The Kier molecular flexibility index (Phi) is 33.9. The zero-order chi connectivity index (χ0) is 31.6. The van der Waals surface area contributed by atoms with Crippen LogP contribution in [0.4, 0.5) is 0 Å². The summed E-state index contributed by atoms with van der Waals surface area (Å²) < 4.78 is 6.05. The fraction of sp³-hybridized carbons (Fsp3) is 0.975. The standard InChI is InChI=1S/C40H81NO2/c1-6-9-12-15-18-23-28-35-41(37-30-31-38(4)5)36-29-24-19-22-27-34-40(42)43-39(32-25-20-16-13-10-7-2)33-26-21-17-14-11-8-3/h38-39H,6-37H2,1-5H3. The van der Waals surface area contributed by atoms with Crippen molar-refractivity contribution in [2.24, 2.45) is 5.92 Å². The molecule has 258 valence electrons. The van der Waals surface area contributed by atoms with Crippen LogP contribution in [0.25, 0.3) is 0 Å². The first-order chi connectivity index (χ1) is 21.0. The van der Waals surface area contributed by atoms with Crippen LogP contribution in [0.5, 0.6) is 0 Å². The molecule has 0 aliphatic carbocycles. The summed E-state index contributed by atoms with van der Waals surface area (Å²) >= 11 is 0. The van der Waals surface area contributed by atoms with Crippen LogP contribution in [-0.2, 0) is 9.53 Å². The van der Waals surface area contributed by atoms with Crippen LogP contribution in [0.2, 0.25) is 0 Å². The lowest BCUT2D eigenvalue weighted by molar-refractivity contribution is -0.150. The van der Waals surface area contributed by atoms with Crippen molar-refractivity contribution in [3.8, 4) is 0 Å². The molecular weight excluding hydrogens is 526 g/mol. The molecule has 0 heterocycles. The highest BCUT2D eigenvalue weighted by molar-refractivity contribution is 5.69. The van der Waals surface area contributed by atoms with Crippen LogP contribution in [0.3, 0.4) is 0 Å². The maximum Gasteiger partial charge on any atom is 0.306 e. The van der Waals surface area contributed by atoms with Crippen molar-refractivity contribution in [1.29, 1.82) is 0 Å². The molecule has 0 aliphatic heterocycles. The summed E-state index contributed by atoms with van der Waals surface area (Å²) in [6.07, 6.45) is 37.1. The first-order valence-electron chi connectivity index (χ1n) is 19.9. The van der Waals surface area contributed by atoms with E-state index >= 15 is 0 Å². The van der Waals surface area contributed by atoms with Gasteiger partial charge < -0.3 is 9.64 Å². The molecule has 0 spiro atoms. The van der Waals surface area contributed by atoms with E-state index in [1.807, 2.05) is 0 Å². The first-order valence-corrected chi connectivity index (χ1v) is 19.9. The lowest BCUT2D eigenvalue weighted by Crippen LogP contribution is -2.27. The van der Waals surface area contributed by atoms with E-state index in [0.29, 0.717) is 6.42 Å². The lowest BCUT2D eigenvalue weighted by Gasteiger charge is -2.23. The van der Waals surface area contributed by atoms with E-state index in [9.17, 15) is 4.79 Å². The van der Waals surface area contributed by atoms with Gasteiger partial charge in [-0.3, -0.25) is 4.79 Å². The van der Waals surface area contributed by atoms with E-state index in [0.717, 1.165) is 25.2 Å². The highest BCUT2D eigenvalue weighted by Gasteiger charge is 2.14. The number of carbonyl (C=O) groups excluding carboxylic acids is 1. The Bertz CT molecular complexity index is 533. The fourth-order valence-electron chi connectivity index (χ4n) is 6.30. The zero-order valence-electron chi connectivity index (χ0n) is 30.5. The van der Waals surface area contributed by atoms with E-state index in [4.69, 9.17) is 4.74 Å². The Morgan fingerprint density at radius 3 is 1.28 bits per heavy atom. The van der Waals surface area contributed by atoms with Gasteiger partial charge in [0.25, 0.3) is 0 Å². The molecule has 0 saturated heterocycles. The molecule has 3 heteroatoms. The van der Waals surface area contributed by atoms with E-state index in [2.05, 4.69) is 39.5 Å². The Morgan fingerprint density at radius 1 is 0.465 bits per heavy atom. The van der Waals surface area contributed by atoms with Crippen LogP contribution in [0.1, 0.15) is 221 Å². The maximum absolute atomic E-state index is 12.7. The Labute approximate surface area is 272 Å². The molecule has 0 atom stereocenters. The van der Waals surface area contributed by atoms with Crippen molar-refractivity contribution >= 4 is 5.97 Å². The van der Waals surface area contributed by atoms with Crippen LogP contribution in [0, 0.1) is 5.92 Å². The van der Waals surface area contributed by atoms with E-state index in [-0.39, 0.29) is 12.1 Å². The number of rotatable bonds is 35. The number of nitrogens with zero attached hydrogens (tertiary/aromatic N) is 1. The third-order valence-corrected chi connectivity index (χ3v) is 9.25. The molecule has 0 rings (SSSR count). The molecule has 0 N–H and O–H groups in total. The van der Waals surface area contributed by atoms with Gasteiger partial charge in [-0.15, -0.1) is 0 Å². The summed E-state index contributed by atoms with van der Waals surface area (Å²) in [6, 6.07) is 0. The molecule has 0 saturated carbocycles. The molecule has 43 heavy (non-hydrogen) atoms. The van der Waals surface area contributed by atoms with Gasteiger partial charge in [0.05, 0.1) is 0 Å². The lowest BCUT2D eigenvalue weighted by atomic mass is 10.0. The van der Waals surface area contributed by atoms with E-state index in [1.54, 1.807) is 0 Å². The fourth-order valence-corrected chi connectivity index (χ4v) is 6.30. The third kappa shape index (κ3) is 32.6. The second kappa shape index (κ2) is 34.3. The van der Waals surface area contributed by atoms with Crippen LogP contribution < -0.4 is 0 Å². The second-order valence-corrected chi connectivity index (χ2v) is 14.2. The van der Waals surface area contributed by atoms with Crippen molar-refractivity contribution in [3.05, 3.63) is 0 Å². The van der Waals surface area contributed by atoms with Crippen molar-refractivity contribution in [2.45, 2.75) is 227 Å². The molecule has 0 amide bonds. The van der Waals surface area contributed by atoms with Gasteiger partial charge in [0.2, 0.25) is 0 Å². The minimum atomic E-state index is 0.0630. The largest absolute Gasteiger partial charge is 0.462 e. The van der Waals surface area contributed by atoms with E-state index in [1.165, 1.54) is 180 Å². The molecule has 0 aromatic rings. The molecule has 0 aliphatic rings. The molecule has 3 nitrogen and oxygen atoms in total. The minimum Gasteiger partial charge on any atom is -0.462 e. The number of hydrogen-bond donors (Lipinski definition) is 0. The molecule has 0 unspecified atom stereocenters. The van der Waals surface area contributed by atoms with Gasteiger partial charge in [0, 0.05) is 6.42 Å². The average Bonchev–Trinajstić information content (AvgIpc) is 2.98. The average molecular weight is 608 g/mol. The van der Waals surface area contributed by atoms with Gasteiger partial charge in [0.1, 0.15) is 6.10 Å². The van der Waals surface area contributed by atoms with Gasteiger partial charge in [-0.1, -0.05) is 157 Å². The highest BCUT2D eigenvalue weighted by Crippen LogP contribution is 2.18. The summed E-state index contributed by atoms with van der Waals surface area (Å²) in [5.74, 6) is 0.876. The summed E-state index contributed by atoms with van der Waals surface area (Å²) in [7, 11) is 0. The first kappa shape index (κ1) is 42.4. The summed E-state index contributed by atoms with van der Waals surface area (Å²) in [4.78, 5) is 15.4. The van der Waals surface area contributed by atoms with Gasteiger partial charge in [-0.05, 0) is 83.3 Å². The van der Waals surface area contributed by atoms with Gasteiger partial charge in [0.15, 0.2) is 0 Å². The normalized spacial score (nSPS) is 11.8. The van der Waals surface area contributed by atoms with E-state index < -0.39 is 0 Å². The van der Waals surface area contributed by atoms with Crippen molar-refractivity contribution in [3.63, 3.8) is 0 Å². The van der Waals surface area contributed by atoms with Crippen molar-refractivity contribution in [1.82, 2.24) is 4.90 Å². The molecule has 0 radical (unpaired) electrons. The van der Waals surface area contributed by atoms with Crippen molar-refractivity contribution < 1.29 is 9.53 Å². The second-order valence-electron chi connectivity index (χ2n) is 14.2. The molecule has 0 aromatic heterocycles. The number of carbonyl (C=O) groups is 1. The number of esters is 1. The maximum atomic E-state index is 12.7. The predicted molar refractivity (Wildman–Crippen MR) is 192 cm³/mol. The predicted octanol–water partition coefficient (Wildman–Crippen LogP) is 13.2. The van der Waals surface area contributed by atoms with Gasteiger partial charge >= 0.3 is 5.97 Å². The summed E-state index contributed by atoms with van der Waals surface area (Å²) in [6.45, 7) is 15.4. The highest BCUT2D eigenvalue weighted by atomic mass is 16.5. The summed E-state index contributed by atoms with van der Waals surface area (Å²) in [5, 5.41) is 0. The Morgan fingerprint density at radius 2 is 0.837 bits per heavy atom. The number of hydrogen-bond acceptors (Lipinski definition) is 3. The number of ether oxygens (including phenoxy) is 1. The minimum absolute atomic E-state index is 0.0630. The van der Waals surface area contributed by atoms with Crippen LogP contribution in [0.15, 0.2) is 0 Å².